The number of nitrogens with two attached hydrogens (primary N) is 1. The van der Waals surface area contributed by atoms with Gasteiger partial charge in [0.25, 0.3) is 5.91 Å². The lowest BCUT2D eigenvalue weighted by molar-refractivity contribution is -0.138. The number of benzene rings is 3. The highest BCUT2D eigenvalue weighted by atomic mass is 32.2. The van der Waals surface area contributed by atoms with Crippen LogP contribution in [0, 0.1) is 5.82 Å². The van der Waals surface area contributed by atoms with Crippen molar-refractivity contribution in [1.82, 2.24) is 10.2 Å². The molecule has 4 rings (SSSR count). The summed E-state index contributed by atoms with van der Waals surface area (Å²) < 4.78 is 121. The van der Waals surface area contributed by atoms with Crippen LogP contribution < -0.4 is 15.4 Å². The van der Waals surface area contributed by atoms with E-state index in [1.807, 2.05) is 0 Å². The molecular weight excluding hydrogens is 633 g/mol. The number of alkyl halides is 6. The van der Waals surface area contributed by atoms with Crippen molar-refractivity contribution in [2.75, 3.05) is 23.7 Å². The van der Waals surface area contributed by atoms with Gasteiger partial charge < -0.3 is 11.1 Å². The second-order valence-electron chi connectivity index (χ2n) is 10.6. The Morgan fingerprint density at radius 3 is 1.76 bits per heavy atom. The van der Waals surface area contributed by atoms with Gasteiger partial charge in [-0.25, -0.2) is 12.8 Å². The third-order valence-corrected chi connectivity index (χ3v) is 8.45. The molecule has 0 radical (unpaired) electrons. The van der Waals surface area contributed by atoms with Crippen LogP contribution in [0.2, 0.25) is 0 Å². The largest absolute Gasteiger partial charge is 0.416 e. The van der Waals surface area contributed by atoms with Gasteiger partial charge in [-0.3, -0.25) is 18.8 Å². The fourth-order valence-corrected chi connectivity index (χ4v) is 6.19. The summed E-state index contributed by atoms with van der Waals surface area (Å²) in [6.07, 6.45) is -8.39. The first kappa shape index (κ1) is 33.7. The first-order valence-corrected chi connectivity index (χ1v) is 15.1. The smallest absolute Gasteiger partial charge is 0.368 e. The number of rotatable bonds is 9. The SMILES string of the molecule is C[C@H](NC(=O)c1cc(F)cc(N(C2CN(C(c3ccc(C(F)(F)F)cc3)c3ccc(C(F)(F)F)cc3)C2)S(C)(=O)=O)c1)C(N)=O. The fourth-order valence-electron chi connectivity index (χ4n) is 5.03. The molecule has 1 aliphatic heterocycles. The van der Waals surface area contributed by atoms with Crippen molar-refractivity contribution in [2.45, 2.75) is 37.4 Å². The quantitative estimate of drug-likeness (QED) is 0.323. The number of carbonyl (C=O) groups excluding carboxylic acids is 2. The van der Waals surface area contributed by atoms with E-state index < -0.39 is 69.3 Å². The highest BCUT2D eigenvalue weighted by Crippen LogP contribution is 2.39. The lowest BCUT2D eigenvalue weighted by atomic mass is 9.91. The molecule has 0 saturated carbocycles. The number of nitrogens with one attached hydrogen (secondary N) is 1. The maximum atomic E-state index is 14.6. The second-order valence-corrected chi connectivity index (χ2v) is 12.5. The van der Waals surface area contributed by atoms with E-state index >= 15 is 0 Å². The number of sulfonamides is 1. The number of primary amides is 1. The molecule has 8 nitrogen and oxygen atoms in total. The van der Waals surface area contributed by atoms with Crippen molar-refractivity contribution in [1.29, 1.82) is 0 Å². The maximum absolute atomic E-state index is 14.6. The van der Waals surface area contributed by atoms with Crippen LogP contribution in [0.15, 0.2) is 66.7 Å². The Morgan fingerprint density at radius 2 is 1.36 bits per heavy atom. The standard InChI is InChI=1S/C29H27F7N4O4S/c1-16(26(37)41)38-27(42)19-11-22(30)13-23(12-19)40(45(2,43)44)24-14-39(15-24)25(17-3-7-20(8-4-17)28(31,32)33)18-5-9-21(10-6-18)29(34,35)36/h3-13,16,24-25H,14-15H2,1-2H3,(H2,37,41)(H,38,42)/t16-/m0/s1. The highest BCUT2D eigenvalue weighted by molar-refractivity contribution is 7.92. The van der Waals surface area contributed by atoms with Gasteiger partial charge in [0.1, 0.15) is 11.9 Å². The first-order chi connectivity index (χ1) is 20.8. The van der Waals surface area contributed by atoms with Gasteiger partial charge in [-0.2, -0.15) is 26.3 Å². The minimum Gasteiger partial charge on any atom is -0.368 e. The molecule has 16 heteroatoms. The summed E-state index contributed by atoms with van der Waals surface area (Å²) in [5, 5.41) is 2.27. The molecule has 242 valence electrons. The van der Waals surface area contributed by atoms with Gasteiger partial charge in [-0.1, -0.05) is 24.3 Å². The number of nitrogens with zero attached hydrogens (tertiary/aromatic N) is 2. The van der Waals surface area contributed by atoms with Crippen molar-refractivity contribution in [2.24, 2.45) is 5.73 Å². The van der Waals surface area contributed by atoms with Crippen LogP contribution in [0.4, 0.5) is 36.4 Å². The van der Waals surface area contributed by atoms with Crippen LogP contribution in [0.1, 0.15) is 45.6 Å². The molecule has 1 aliphatic rings. The Hall–Kier alpha value is -4.18. The number of likely N-dealkylation sites (tertiary alicyclic amines) is 1. The van der Waals surface area contributed by atoms with Gasteiger partial charge in [0, 0.05) is 18.7 Å². The van der Waals surface area contributed by atoms with Crippen LogP contribution in [-0.4, -0.2) is 56.6 Å². The molecule has 2 amide bonds. The minimum absolute atomic E-state index is 0.0590. The summed E-state index contributed by atoms with van der Waals surface area (Å²) in [7, 11) is -4.11. The zero-order valence-corrected chi connectivity index (χ0v) is 24.5. The third kappa shape index (κ3) is 7.73. The number of hydrogen-bond acceptors (Lipinski definition) is 5. The van der Waals surface area contributed by atoms with Crippen molar-refractivity contribution in [3.05, 3.63) is 100 Å². The lowest BCUT2D eigenvalue weighted by Gasteiger charge is -2.48. The van der Waals surface area contributed by atoms with Gasteiger partial charge in [-0.05, 0) is 60.5 Å². The third-order valence-electron chi connectivity index (χ3n) is 7.23. The Balaban J connectivity index is 1.67. The molecule has 0 aliphatic carbocycles. The van der Waals surface area contributed by atoms with E-state index in [4.69, 9.17) is 5.73 Å². The average Bonchev–Trinajstić information content (AvgIpc) is 2.90. The number of amides is 2. The predicted octanol–water partition coefficient (Wildman–Crippen LogP) is 4.71. The number of anilines is 1. The Morgan fingerprint density at radius 1 is 0.889 bits per heavy atom. The molecule has 0 aromatic heterocycles. The molecule has 3 aromatic rings. The molecule has 3 N–H and O–H groups in total. The molecule has 0 bridgehead atoms. The van der Waals surface area contributed by atoms with Crippen molar-refractivity contribution in [3.8, 4) is 0 Å². The Labute approximate surface area is 253 Å². The highest BCUT2D eigenvalue weighted by Gasteiger charge is 2.42. The molecule has 3 aromatic carbocycles. The predicted molar refractivity (Wildman–Crippen MR) is 150 cm³/mol. The van der Waals surface area contributed by atoms with Gasteiger partial charge in [0.15, 0.2) is 0 Å². The first-order valence-electron chi connectivity index (χ1n) is 13.2. The van der Waals surface area contributed by atoms with E-state index in [0.29, 0.717) is 11.1 Å². The van der Waals surface area contributed by atoms with Crippen LogP contribution in [-0.2, 0) is 27.2 Å². The monoisotopic (exact) mass is 660 g/mol. The van der Waals surface area contributed by atoms with Crippen molar-refractivity contribution < 1.29 is 48.7 Å². The van der Waals surface area contributed by atoms with Crippen molar-refractivity contribution >= 4 is 27.5 Å². The average molecular weight is 661 g/mol. The van der Waals surface area contributed by atoms with E-state index in [0.717, 1.165) is 53.0 Å². The van der Waals surface area contributed by atoms with Crippen LogP contribution in [0.3, 0.4) is 0 Å². The number of carbonyl (C=O) groups is 2. The minimum atomic E-state index is -4.63. The summed E-state index contributed by atoms with van der Waals surface area (Å²) >= 11 is 0. The van der Waals surface area contributed by atoms with E-state index in [1.54, 1.807) is 4.90 Å². The zero-order chi connectivity index (χ0) is 33.5. The summed E-state index contributed by atoms with van der Waals surface area (Å²) in [6, 6.07) is 8.13. The van der Waals surface area contributed by atoms with Gasteiger partial charge in [0.2, 0.25) is 15.9 Å². The van der Waals surface area contributed by atoms with E-state index in [2.05, 4.69) is 5.32 Å². The summed E-state index contributed by atoms with van der Waals surface area (Å²) in [5.74, 6) is -2.71. The van der Waals surface area contributed by atoms with Crippen LogP contribution in [0.25, 0.3) is 0 Å². The molecule has 1 saturated heterocycles. The van der Waals surface area contributed by atoms with E-state index in [9.17, 15) is 48.7 Å². The topological polar surface area (TPSA) is 113 Å². The summed E-state index contributed by atoms with van der Waals surface area (Å²) in [5.41, 5.74) is 3.39. The molecule has 0 spiro atoms. The fraction of sp³-hybridized carbons (Fsp3) is 0.310. The second kappa shape index (κ2) is 12.3. The number of halogens is 7. The van der Waals surface area contributed by atoms with E-state index in [-0.39, 0.29) is 24.3 Å². The van der Waals surface area contributed by atoms with Crippen LogP contribution in [0.5, 0.6) is 0 Å². The summed E-state index contributed by atoms with van der Waals surface area (Å²) in [6.45, 7) is 1.18. The zero-order valence-electron chi connectivity index (χ0n) is 23.7. The molecule has 0 unspecified atom stereocenters. The molecular formula is C29H27F7N4O4S. The number of hydrogen-bond donors (Lipinski definition) is 2. The molecule has 45 heavy (non-hydrogen) atoms. The van der Waals surface area contributed by atoms with Crippen molar-refractivity contribution in [3.63, 3.8) is 0 Å². The van der Waals surface area contributed by atoms with Gasteiger partial charge in [0.05, 0.1) is 35.2 Å². The molecule has 1 heterocycles. The van der Waals surface area contributed by atoms with E-state index in [1.165, 1.54) is 31.2 Å². The Bertz CT molecular complexity index is 1620. The molecule has 1 fully saturated rings. The normalized spacial score (nSPS) is 15.4. The van der Waals surface area contributed by atoms with Crippen LogP contribution >= 0.6 is 0 Å². The maximum Gasteiger partial charge on any atom is 0.416 e. The van der Waals surface area contributed by atoms with Gasteiger partial charge in [-0.15, -0.1) is 0 Å². The Kier molecular flexibility index (Phi) is 9.22. The molecule has 1 atom stereocenters. The lowest BCUT2D eigenvalue weighted by Crippen LogP contribution is -2.61. The summed E-state index contributed by atoms with van der Waals surface area (Å²) in [4.78, 5) is 25.6. The van der Waals surface area contributed by atoms with Gasteiger partial charge >= 0.3 is 12.4 Å².